The van der Waals surface area contributed by atoms with Gasteiger partial charge in [-0.25, -0.2) is 0 Å². The number of benzene rings is 2. The van der Waals surface area contributed by atoms with Crippen LogP contribution in [0.3, 0.4) is 0 Å². The molecule has 1 heterocycles. The van der Waals surface area contributed by atoms with Gasteiger partial charge < -0.3 is 19.4 Å². The Balaban J connectivity index is 1.91. The van der Waals surface area contributed by atoms with Crippen LogP contribution >= 0.6 is 23.8 Å². The van der Waals surface area contributed by atoms with Crippen LogP contribution < -0.4 is 24.8 Å². The lowest BCUT2D eigenvalue weighted by molar-refractivity contribution is -0.307. The Hall–Kier alpha value is -3.43. The SMILES string of the molecule is CCOc1cccc(N2C(=O)/C(=C\c3ccc(OCC(=O)[O-])c(Cl)c3)C(=O)NC2=S)c1. The number of ether oxygens (including phenoxy) is 2. The van der Waals surface area contributed by atoms with Gasteiger partial charge in [-0.2, -0.15) is 0 Å². The number of anilines is 1. The fraction of sp³-hybridized carbons (Fsp3) is 0.143. The molecule has 3 rings (SSSR count). The van der Waals surface area contributed by atoms with Gasteiger partial charge in [0.1, 0.15) is 23.7 Å². The van der Waals surface area contributed by atoms with Crippen LogP contribution in [0.25, 0.3) is 6.08 Å². The molecule has 0 spiro atoms. The zero-order valence-corrected chi connectivity index (χ0v) is 17.8. The number of hydrogen-bond donors (Lipinski definition) is 1. The molecule has 31 heavy (non-hydrogen) atoms. The van der Waals surface area contributed by atoms with Crippen LogP contribution in [0, 0.1) is 0 Å². The lowest BCUT2D eigenvalue weighted by atomic mass is 10.1. The maximum atomic E-state index is 13.1. The molecule has 0 radical (unpaired) electrons. The molecular weight excluding hydrogens is 444 g/mol. The molecule has 2 amide bonds. The van der Waals surface area contributed by atoms with Gasteiger partial charge in [0.2, 0.25) is 0 Å². The fourth-order valence-corrected chi connectivity index (χ4v) is 3.32. The molecule has 8 nitrogen and oxygen atoms in total. The van der Waals surface area contributed by atoms with Gasteiger partial charge in [0.15, 0.2) is 5.11 Å². The quantitative estimate of drug-likeness (QED) is 0.381. The van der Waals surface area contributed by atoms with Gasteiger partial charge in [-0.3, -0.25) is 19.8 Å². The van der Waals surface area contributed by atoms with Crippen LogP contribution in [-0.2, 0) is 14.4 Å². The molecule has 1 aliphatic heterocycles. The highest BCUT2D eigenvalue weighted by Crippen LogP contribution is 2.28. The fourth-order valence-electron chi connectivity index (χ4n) is 2.80. The van der Waals surface area contributed by atoms with Crippen molar-refractivity contribution in [3.8, 4) is 11.5 Å². The van der Waals surface area contributed by atoms with Crippen LogP contribution in [-0.4, -0.2) is 36.1 Å². The van der Waals surface area contributed by atoms with Crippen LogP contribution in [0.4, 0.5) is 5.69 Å². The van der Waals surface area contributed by atoms with E-state index in [1.165, 1.54) is 29.2 Å². The number of carboxylic acid groups (broad SMARTS) is 1. The number of nitrogens with one attached hydrogen (secondary N) is 1. The molecule has 160 valence electrons. The van der Waals surface area contributed by atoms with Crippen molar-refractivity contribution < 1.29 is 29.0 Å². The summed E-state index contributed by atoms with van der Waals surface area (Å²) in [6, 6.07) is 11.2. The Bertz CT molecular complexity index is 1100. The zero-order chi connectivity index (χ0) is 22.5. The van der Waals surface area contributed by atoms with Crippen LogP contribution in [0.2, 0.25) is 5.02 Å². The van der Waals surface area contributed by atoms with Gasteiger partial charge in [0, 0.05) is 6.07 Å². The predicted molar refractivity (Wildman–Crippen MR) is 116 cm³/mol. The summed E-state index contributed by atoms with van der Waals surface area (Å²) in [4.78, 5) is 37.2. The molecule has 0 unspecified atom stereocenters. The third-order valence-electron chi connectivity index (χ3n) is 4.10. The third kappa shape index (κ3) is 5.19. The Morgan fingerprint density at radius 3 is 2.68 bits per heavy atom. The van der Waals surface area contributed by atoms with Crippen LogP contribution in [0.5, 0.6) is 11.5 Å². The zero-order valence-electron chi connectivity index (χ0n) is 16.2. The number of carbonyl (C=O) groups excluding carboxylic acids is 3. The van der Waals surface area contributed by atoms with Gasteiger partial charge in [0.25, 0.3) is 11.8 Å². The van der Waals surface area contributed by atoms with E-state index in [0.29, 0.717) is 23.6 Å². The molecule has 0 aliphatic carbocycles. The average Bonchev–Trinajstić information content (AvgIpc) is 2.71. The van der Waals surface area contributed by atoms with Crippen molar-refractivity contribution in [2.75, 3.05) is 18.1 Å². The maximum Gasteiger partial charge on any atom is 0.270 e. The lowest BCUT2D eigenvalue weighted by Gasteiger charge is -2.29. The highest BCUT2D eigenvalue weighted by atomic mass is 35.5. The monoisotopic (exact) mass is 459 g/mol. The topological polar surface area (TPSA) is 108 Å². The molecule has 1 fully saturated rings. The Morgan fingerprint density at radius 1 is 1.23 bits per heavy atom. The summed E-state index contributed by atoms with van der Waals surface area (Å²) in [7, 11) is 0. The van der Waals surface area contributed by atoms with E-state index in [-0.39, 0.29) is 21.5 Å². The second kappa shape index (κ2) is 9.59. The number of carboxylic acids is 1. The van der Waals surface area contributed by atoms with E-state index < -0.39 is 24.4 Å². The van der Waals surface area contributed by atoms with E-state index in [4.69, 9.17) is 33.3 Å². The molecule has 0 atom stereocenters. The van der Waals surface area contributed by atoms with Crippen LogP contribution in [0.15, 0.2) is 48.0 Å². The first kappa shape index (κ1) is 22.3. The molecule has 1 N–H and O–H groups in total. The van der Waals surface area contributed by atoms with Crippen molar-refractivity contribution in [1.82, 2.24) is 5.32 Å². The van der Waals surface area contributed by atoms with Crippen molar-refractivity contribution in [3.63, 3.8) is 0 Å². The average molecular weight is 460 g/mol. The highest BCUT2D eigenvalue weighted by molar-refractivity contribution is 7.80. The summed E-state index contributed by atoms with van der Waals surface area (Å²) >= 11 is 11.3. The second-order valence-corrected chi connectivity index (χ2v) is 7.03. The van der Waals surface area contributed by atoms with Crippen molar-refractivity contribution >= 4 is 58.5 Å². The van der Waals surface area contributed by atoms with E-state index in [9.17, 15) is 19.5 Å². The normalized spacial score (nSPS) is 15.1. The number of rotatable bonds is 7. The Labute approximate surface area is 188 Å². The largest absolute Gasteiger partial charge is 0.546 e. The lowest BCUT2D eigenvalue weighted by Crippen LogP contribution is -2.54. The third-order valence-corrected chi connectivity index (χ3v) is 4.68. The maximum absolute atomic E-state index is 13.1. The minimum Gasteiger partial charge on any atom is -0.546 e. The van der Waals surface area contributed by atoms with Gasteiger partial charge >= 0.3 is 0 Å². The molecule has 0 bridgehead atoms. The van der Waals surface area contributed by atoms with E-state index in [1.807, 2.05) is 6.92 Å². The number of aliphatic carboxylic acids is 1. The minimum absolute atomic E-state index is 0.0511. The molecule has 0 saturated carbocycles. The first-order valence-electron chi connectivity index (χ1n) is 9.06. The van der Waals surface area contributed by atoms with Gasteiger partial charge in [-0.05, 0) is 55.0 Å². The highest BCUT2D eigenvalue weighted by Gasteiger charge is 2.34. The molecule has 1 saturated heterocycles. The summed E-state index contributed by atoms with van der Waals surface area (Å²) in [5.41, 5.74) is 0.714. The number of carbonyl (C=O) groups is 3. The number of nitrogens with zero attached hydrogens (tertiary/aromatic N) is 1. The van der Waals surface area contributed by atoms with Gasteiger partial charge in [0.05, 0.1) is 23.3 Å². The summed E-state index contributed by atoms with van der Waals surface area (Å²) in [6.07, 6.45) is 1.35. The van der Waals surface area contributed by atoms with Crippen LogP contribution in [0.1, 0.15) is 12.5 Å². The summed E-state index contributed by atoms with van der Waals surface area (Å²) < 4.78 is 10.5. The predicted octanol–water partition coefficient (Wildman–Crippen LogP) is 1.70. The van der Waals surface area contributed by atoms with Crippen molar-refractivity contribution in [1.29, 1.82) is 0 Å². The van der Waals surface area contributed by atoms with Crippen molar-refractivity contribution in [2.45, 2.75) is 6.92 Å². The number of hydrogen-bond acceptors (Lipinski definition) is 7. The first-order valence-corrected chi connectivity index (χ1v) is 9.85. The summed E-state index contributed by atoms with van der Waals surface area (Å²) in [5.74, 6) is -1.98. The second-order valence-electron chi connectivity index (χ2n) is 6.24. The number of amides is 2. The molecule has 0 aromatic heterocycles. The van der Waals surface area contributed by atoms with Gasteiger partial charge in [-0.1, -0.05) is 23.7 Å². The van der Waals surface area contributed by atoms with E-state index in [0.717, 1.165) is 0 Å². The van der Waals surface area contributed by atoms with E-state index in [1.54, 1.807) is 24.3 Å². The van der Waals surface area contributed by atoms with Crippen molar-refractivity contribution in [3.05, 3.63) is 58.6 Å². The molecular formula is C21H16ClN2O6S-. The molecule has 2 aromatic rings. The van der Waals surface area contributed by atoms with E-state index >= 15 is 0 Å². The van der Waals surface area contributed by atoms with Gasteiger partial charge in [-0.15, -0.1) is 0 Å². The standard InChI is InChI=1S/C21H17ClN2O6S/c1-2-29-14-5-3-4-13(10-14)24-20(28)15(19(27)23-21(24)31)8-12-6-7-17(16(22)9-12)30-11-18(25)26/h3-10H,2,11H2,1H3,(H,25,26)(H,23,27,31)/p-1/b15-8-. The van der Waals surface area contributed by atoms with Crippen molar-refractivity contribution in [2.24, 2.45) is 0 Å². The minimum atomic E-state index is -1.39. The summed E-state index contributed by atoms with van der Waals surface area (Å²) in [6.45, 7) is 1.63. The number of thiocarbonyl (C=S) groups is 1. The molecule has 1 aliphatic rings. The smallest absolute Gasteiger partial charge is 0.270 e. The van der Waals surface area contributed by atoms with E-state index in [2.05, 4.69) is 5.32 Å². The first-order chi connectivity index (χ1) is 14.8. The summed E-state index contributed by atoms with van der Waals surface area (Å²) in [5, 5.41) is 13.1. The number of halogens is 1. The Kier molecular flexibility index (Phi) is 6.88. The molecule has 10 heteroatoms. The molecule has 2 aromatic carbocycles. The Morgan fingerprint density at radius 2 is 2.00 bits per heavy atom.